The summed E-state index contributed by atoms with van der Waals surface area (Å²) in [5, 5.41) is 1.11. The normalized spacial score (nSPS) is 19.2. The molecule has 2 heterocycles. The predicted molar refractivity (Wildman–Crippen MR) is 126 cm³/mol. The van der Waals surface area contributed by atoms with Crippen LogP contribution in [0, 0.1) is 5.92 Å². The first-order valence-electron chi connectivity index (χ1n) is 10.8. The third kappa shape index (κ3) is 5.29. The Balaban J connectivity index is 1.27. The van der Waals surface area contributed by atoms with Crippen LogP contribution in [0.15, 0.2) is 53.4 Å². The Bertz CT molecular complexity index is 1050. The van der Waals surface area contributed by atoms with Gasteiger partial charge in [-0.3, -0.25) is 9.69 Å². The minimum atomic E-state index is -3.51. The number of hydrogen-bond acceptors (Lipinski definition) is 4. The SMILES string of the molecule is O=C(C1CCN(Cc2ccc(Cl)c(Cl)c2)CC1)N1CCN(S(=O)(=O)c2ccccc2)CC1. The van der Waals surface area contributed by atoms with Crippen LogP contribution in [0.25, 0.3) is 0 Å². The molecule has 1 amide bonds. The average molecular weight is 496 g/mol. The van der Waals surface area contributed by atoms with Crippen LogP contribution in [0.2, 0.25) is 10.0 Å². The molecule has 6 nitrogen and oxygen atoms in total. The Hall–Kier alpha value is -1.64. The van der Waals surface area contributed by atoms with Crippen LogP contribution in [0.1, 0.15) is 18.4 Å². The van der Waals surface area contributed by atoms with Gasteiger partial charge in [0.25, 0.3) is 0 Å². The molecule has 0 atom stereocenters. The van der Waals surface area contributed by atoms with E-state index in [0.717, 1.165) is 38.0 Å². The molecule has 0 bridgehead atoms. The highest BCUT2D eigenvalue weighted by molar-refractivity contribution is 7.89. The second-order valence-corrected chi connectivity index (χ2v) is 11.1. The molecule has 0 radical (unpaired) electrons. The summed E-state index contributed by atoms with van der Waals surface area (Å²) in [5.41, 5.74) is 1.11. The molecule has 4 rings (SSSR count). The first-order valence-corrected chi connectivity index (χ1v) is 13.0. The van der Waals surface area contributed by atoms with E-state index in [9.17, 15) is 13.2 Å². The maximum atomic E-state index is 13.0. The standard InChI is InChI=1S/C23H27Cl2N3O3S/c24-21-7-6-18(16-22(21)25)17-26-10-8-19(9-11-26)23(29)27-12-14-28(15-13-27)32(30,31)20-4-2-1-3-5-20/h1-7,16,19H,8-15,17H2. The van der Waals surface area contributed by atoms with Crippen molar-refractivity contribution in [3.8, 4) is 0 Å². The molecule has 2 aliphatic heterocycles. The molecule has 2 aliphatic rings. The Labute approximate surface area is 199 Å². The fraction of sp³-hybridized carbons (Fsp3) is 0.435. The minimum Gasteiger partial charge on any atom is -0.340 e. The van der Waals surface area contributed by atoms with Gasteiger partial charge in [0.1, 0.15) is 0 Å². The van der Waals surface area contributed by atoms with Gasteiger partial charge in [0.2, 0.25) is 15.9 Å². The molecular weight excluding hydrogens is 469 g/mol. The summed E-state index contributed by atoms with van der Waals surface area (Å²) in [6.07, 6.45) is 1.62. The van der Waals surface area contributed by atoms with Gasteiger partial charge in [-0.25, -0.2) is 8.42 Å². The number of benzene rings is 2. The third-order valence-corrected chi connectivity index (χ3v) is 8.91. The molecule has 0 spiro atoms. The van der Waals surface area contributed by atoms with E-state index in [0.29, 0.717) is 41.1 Å². The Morgan fingerprint density at radius 1 is 0.875 bits per heavy atom. The molecule has 2 aromatic carbocycles. The number of piperazine rings is 1. The lowest BCUT2D eigenvalue weighted by molar-refractivity contribution is -0.138. The first kappa shape index (κ1) is 23.5. The number of likely N-dealkylation sites (tertiary alicyclic amines) is 1. The van der Waals surface area contributed by atoms with Crippen molar-refractivity contribution in [2.75, 3.05) is 39.3 Å². The van der Waals surface area contributed by atoms with Gasteiger partial charge in [-0.1, -0.05) is 47.5 Å². The van der Waals surface area contributed by atoms with Gasteiger partial charge < -0.3 is 4.90 Å². The van der Waals surface area contributed by atoms with Crippen molar-refractivity contribution in [1.29, 1.82) is 0 Å². The summed E-state index contributed by atoms with van der Waals surface area (Å²) in [6.45, 7) is 4.02. The van der Waals surface area contributed by atoms with Crippen molar-refractivity contribution in [1.82, 2.24) is 14.1 Å². The lowest BCUT2D eigenvalue weighted by Crippen LogP contribution is -2.52. The average Bonchev–Trinajstić information content (AvgIpc) is 2.82. The predicted octanol–water partition coefficient (Wildman–Crippen LogP) is 3.74. The van der Waals surface area contributed by atoms with E-state index in [1.54, 1.807) is 30.3 Å². The molecule has 0 unspecified atom stereocenters. The van der Waals surface area contributed by atoms with Crippen molar-refractivity contribution >= 4 is 39.1 Å². The number of amides is 1. The summed E-state index contributed by atoms with van der Waals surface area (Å²) < 4.78 is 27.1. The van der Waals surface area contributed by atoms with Crippen LogP contribution in [0.5, 0.6) is 0 Å². The van der Waals surface area contributed by atoms with Crippen molar-refractivity contribution in [3.63, 3.8) is 0 Å². The lowest BCUT2D eigenvalue weighted by atomic mass is 9.94. The zero-order chi connectivity index (χ0) is 22.7. The zero-order valence-electron chi connectivity index (χ0n) is 17.8. The molecule has 2 saturated heterocycles. The summed E-state index contributed by atoms with van der Waals surface area (Å²) in [7, 11) is -3.51. The summed E-state index contributed by atoms with van der Waals surface area (Å²) in [4.78, 5) is 17.5. The number of carbonyl (C=O) groups is 1. The highest BCUT2D eigenvalue weighted by Gasteiger charge is 2.33. The van der Waals surface area contributed by atoms with Gasteiger partial charge in [0.15, 0.2) is 0 Å². The van der Waals surface area contributed by atoms with E-state index in [1.807, 2.05) is 23.1 Å². The van der Waals surface area contributed by atoms with Crippen LogP contribution in [-0.2, 0) is 21.4 Å². The van der Waals surface area contributed by atoms with E-state index in [-0.39, 0.29) is 11.8 Å². The monoisotopic (exact) mass is 495 g/mol. The number of carbonyl (C=O) groups excluding carboxylic acids is 1. The number of rotatable bonds is 5. The van der Waals surface area contributed by atoms with Crippen molar-refractivity contribution in [2.24, 2.45) is 5.92 Å². The molecule has 32 heavy (non-hydrogen) atoms. The molecule has 0 saturated carbocycles. The summed E-state index contributed by atoms with van der Waals surface area (Å²) >= 11 is 12.1. The maximum absolute atomic E-state index is 13.0. The Morgan fingerprint density at radius 2 is 1.53 bits per heavy atom. The van der Waals surface area contributed by atoms with E-state index >= 15 is 0 Å². The molecule has 9 heteroatoms. The molecule has 0 aliphatic carbocycles. The molecule has 172 valence electrons. The van der Waals surface area contributed by atoms with Gasteiger partial charge in [-0.15, -0.1) is 0 Å². The van der Waals surface area contributed by atoms with Crippen LogP contribution in [0.3, 0.4) is 0 Å². The van der Waals surface area contributed by atoms with E-state index in [4.69, 9.17) is 23.2 Å². The molecule has 0 aromatic heterocycles. The summed E-state index contributed by atoms with van der Waals surface area (Å²) in [5.74, 6) is 0.147. The van der Waals surface area contributed by atoms with Gasteiger partial charge in [0.05, 0.1) is 14.9 Å². The zero-order valence-corrected chi connectivity index (χ0v) is 20.1. The number of halogens is 2. The van der Waals surface area contributed by atoms with Gasteiger partial charge in [0, 0.05) is 38.6 Å². The second kappa shape index (κ2) is 10.1. The molecule has 2 aromatic rings. The quantitative estimate of drug-likeness (QED) is 0.633. The molecular formula is C23H27Cl2N3O3S. The van der Waals surface area contributed by atoms with E-state index in [2.05, 4.69) is 4.90 Å². The van der Waals surface area contributed by atoms with Crippen LogP contribution in [-0.4, -0.2) is 67.7 Å². The molecule has 2 fully saturated rings. The van der Waals surface area contributed by atoms with Gasteiger partial charge >= 0.3 is 0 Å². The van der Waals surface area contributed by atoms with Crippen molar-refractivity contribution in [2.45, 2.75) is 24.3 Å². The Morgan fingerprint density at radius 3 is 2.16 bits per heavy atom. The largest absolute Gasteiger partial charge is 0.340 e. The fourth-order valence-corrected chi connectivity index (χ4v) is 6.15. The van der Waals surface area contributed by atoms with Gasteiger partial charge in [-0.2, -0.15) is 4.31 Å². The second-order valence-electron chi connectivity index (χ2n) is 8.34. The summed E-state index contributed by atoms with van der Waals surface area (Å²) in [6, 6.07) is 14.1. The Kier molecular flexibility index (Phi) is 7.42. The minimum absolute atomic E-state index is 0.00247. The smallest absolute Gasteiger partial charge is 0.243 e. The van der Waals surface area contributed by atoms with E-state index in [1.165, 1.54) is 4.31 Å². The number of hydrogen-bond donors (Lipinski definition) is 0. The fourth-order valence-electron chi connectivity index (χ4n) is 4.38. The van der Waals surface area contributed by atoms with Gasteiger partial charge in [-0.05, 0) is 55.8 Å². The van der Waals surface area contributed by atoms with Crippen LogP contribution in [0.4, 0.5) is 0 Å². The van der Waals surface area contributed by atoms with Crippen LogP contribution >= 0.6 is 23.2 Å². The lowest BCUT2D eigenvalue weighted by Gasteiger charge is -2.38. The number of sulfonamides is 1. The first-order chi connectivity index (χ1) is 15.3. The van der Waals surface area contributed by atoms with Crippen molar-refractivity contribution in [3.05, 3.63) is 64.1 Å². The van der Waals surface area contributed by atoms with Crippen LogP contribution < -0.4 is 0 Å². The van der Waals surface area contributed by atoms with E-state index < -0.39 is 10.0 Å². The highest BCUT2D eigenvalue weighted by Crippen LogP contribution is 2.26. The third-order valence-electron chi connectivity index (χ3n) is 6.26. The topological polar surface area (TPSA) is 60.9 Å². The molecule has 0 N–H and O–H groups in total. The number of nitrogens with zero attached hydrogens (tertiary/aromatic N) is 3. The number of piperidine rings is 1. The maximum Gasteiger partial charge on any atom is 0.243 e. The van der Waals surface area contributed by atoms with Crippen molar-refractivity contribution < 1.29 is 13.2 Å². The highest BCUT2D eigenvalue weighted by atomic mass is 35.5.